The molecule has 0 saturated carbocycles. The fourth-order valence-electron chi connectivity index (χ4n) is 1.89. The summed E-state index contributed by atoms with van der Waals surface area (Å²) in [6.07, 6.45) is 2.76. The van der Waals surface area contributed by atoms with Crippen LogP contribution in [-0.4, -0.2) is 17.4 Å². The number of hydrogen-bond donors (Lipinski definition) is 2. The molecule has 0 saturated heterocycles. The van der Waals surface area contributed by atoms with Crippen molar-refractivity contribution in [2.45, 2.75) is 20.3 Å². The van der Waals surface area contributed by atoms with Crippen molar-refractivity contribution in [3.63, 3.8) is 0 Å². The van der Waals surface area contributed by atoms with Crippen LogP contribution in [0.2, 0.25) is 0 Å². The Hall–Kier alpha value is -1.88. The molecule has 4 nitrogen and oxygen atoms in total. The summed E-state index contributed by atoms with van der Waals surface area (Å²) >= 11 is 3.36. The van der Waals surface area contributed by atoms with Gasteiger partial charge in [0.15, 0.2) is 0 Å². The van der Waals surface area contributed by atoms with Crippen molar-refractivity contribution in [1.29, 1.82) is 0 Å². The number of hydrogen-bond acceptors (Lipinski definition) is 3. The minimum atomic E-state index is -0.149. The van der Waals surface area contributed by atoms with E-state index in [1.165, 1.54) is 0 Å². The highest BCUT2D eigenvalue weighted by molar-refractivity contribution is 9.10. The minimum Gasteiger partial charge on any atom is -0.370 e. The third-order valence-electron chi connectivity index (χ3n) is 3.14. The molecule has 0 aliphatic rings. The number of aromatic nitrogens is 1. The fourth-order valence-corrected chi connectivity index (χ4v) is 2.29. The lowest BCUT2D eigenvalue weighted by molar-refractivity contribution is 0.102. The van der Waals surface area contributed by atoms with E-state index in [0.29, 0.717) is 17.2 Å². The van der Waals surface area contributed by atoms with Crippen molar-refractivity contribution < 1.29 is 4.79 Å². The Labute approximate surface area is 139 Å². The molecule has 5 heteroatoms. The van der Waals surface area contributed by atoms with E-state index in [0.717, 1.165) is 23.3 Å². The first-order chi connectivity index (χ1) is 10.5. The van der Waals surface area contributed by atoms with Crippen molar-refractivity contribution >= 4 is 33.3 Å². The normalized spacial score (nSPS) is 10.5. The summed E-state index contributed by atoms with van der Waals surface area (Å²) < 4.78 is 0.878. The number of anilines is 2. The second kappa shape index (κ2) is 7.94. The van der Waals surface area contributed by atoms with E-state index in [-0.39, 0.29) is 5.91 Å². The number of halogens is 1. The Kier molecular flexibility index (Phi) is 5.95. The number of nitrogens with zero attached hydrogens (tertiary/aromatic N) is 1. The van der Waals surface area contributed by atoms with E-state index >= 15 is 0 Å². The quantitative estimate of drug-likeness (QED) is 0.792. The van der Waals surface area contributed by atoms with Gasteiger partial charge in [0, 0.05) is 16.6 Å². The third kappa shape index (κ3) is 5.15. The lowest BCUT2D eigenvalue weighted by Crippen LogP contribution is -2.12. The van der Waals surface area contributed by atoms with Gasteiger partial charge in [0.2, 0.25) is 0 Å². The second-order valence-corrected chi connectivity index (χ2v) is 6.42. The maximum atomic E-state index is 12.1. The smallest absolute Gasteiger partial charge is 0.255 e. The molecular weight excluding hydrogens is 342 g/mol. The van der Waals surface area contributed by atoms with Crippen LogP contribution < -0.4 is 10.6 Å². The van der Waals surface area contributed by atoms with E-state index in [1.54, 1.807) is 18.3 Å². The zero-order chi connectivity index (χ0) is 15.9. The zero-order valence-electron chi connectivity index (χ0n) is 12.8. The van der Waals surface area contributed by atoms with Gasteiger partial charge in [0.05, 0.1) is 11.9 Å². The number of carbonyl (C=O) groups is 1. The van der Waals surface area contributed by atoms with Crippen LogP contribution in [0.1, 0.15) is 30.6 Å². The van der Waals surface area contributed by atoms with Crippen LogP contribution in [0.15, 0.2) is 47.1 Å². The molecule has 2 N–H and O–H groups in total. The summed E-state index contributed by atoms with van der Waals surface area (Å²) in [5, 5.41) is 6.10. The molecule has 2 aromatic rings. The van der Waals surface area contributed by atoms with Gasteiger partial charge in [-0.1, -0.05) is 35.8 Å². The van der Waals surface area contributed by atoms with Crippen LogP contribution in [-0.2, 0) is 0 Å². The number of rotatable bonds is 6. The molecule has 116 valence electrons. The highest BCUT2D eigenvalue weighted by Gasteiger charge is 2.06. The number of benzene rings is 1. The lowest BCUT2D eigenvalue weighted by Gasteiger charge is -2.09. The van der Waals surface area contributed by atoms with Crippen molar-refractivity contribution in [3.8, 4) is 0 Å². The predicted octanol–water partition coefficient (Wildman–Crippen LogP) is 4.55. The average molecular weight is 362 g/mol. The van der Waals surface area contributed by atoms with Crippen molar-refractivity contribution in [1.82, 2.24) is 4.98 Å². The Morgan fingerprint density at radius 2 is 2.09 bits per heavy atom. The van der Waals surface area contributed by atoms with Crippen LogP contribution in [0, 0.1) is 5.92 Å². The molecule has 0 radical (unpaired) electrons. The maximum absolute atomic E-state index is 12.1. The van der Waals surface area contributed by atoms with Crippen molar-refractivity contribution in [2.75, 3.05) is 17.2 Å². The molecule has 1 amide bonds. The van der Waals surface area contributed by atoms with E-state index in [4.69, 9.17) is 0 Å². The molecule has 22 heavy (non-hydrogen) atoms. The summed E-state index contributed by atoms with van der Waals surface area (Å²) in [6, 6.07) is 11.0. The van der Waals surface area contributed by atoms with Gasteiger partial charge >= 0.3 is 0 Å². The van der Waals surface area contributed by atoms with E-state index in [1.807, 2.05) is 24.3 Å². The van der Waals surface area contributed by atoms with Gasteiger partial charge in [-0.2, -0.15) is 0 Å². The topological polar surface area (TPSA) is 54.0 Å². The van der Waals surface area contributed by atoms with Crippen LogP contribution >= 0.6 is 15.9 Å². The molecule has 0 unspecified atom stereocenters. The maximum Gasteiger partial charge on any atom is 0.255 e. The molecular formula is C17H20BrN3O. The largest absolute Gasteiger partial charge is 0.370 e. The monoisotopic (exact) mass is 361 g/mol. The first-order valence-corrected chi connectivity index (χ1v) is 8.11. The number of carbonyl (C=O) groups excluding carboxylic acids is 1. The number of amides is 1. The molecule has 0 aliphatic heterocycles. The van der Waals surface area contributed by atoms with Crippen molar-refractivity contribution in [2.24, 2.45) is 5.92 Å². The van der Waals surface area contributed by atoms with Crippen LogP contribution in [0.4, 0.5) is 11.5 Å². The van der Waals surface area contributed by atoms with Gasteiger partial charge < -0.3 is 10.6 Å². The summed E-state index contributed by atoms with van der Waals surface area (Å²) in [4.78, 5) is 16.4. The first-order valence-electron chi connectivity index (χ1n) is 7.31. The first kappa shape index (κ1) is 16.5. The molecule has 0 spiro atoms. The summed E-state index contributed by atoms with van der Waals surface area (Å²) in [5.74, 6) is 1.33. The third-order valence-corrected chi connectivity index (χ3v) is 3.63. The van der Waals surface area contributed by atoms with E-state index in [2.05, 4.69) is 45.4 Å². The van der Waals surface area contributed by atoms with Gasteiger partial charge in [0.1, 0.15) is 5.82 Å². The Morgan fingerprint density at radius 3 is 2.73 bits per heavy atom. The van der Waals surface area contributed by atoms with Gasteiger partial charge in [-0.25, -0.2) is 4.98 Å². The Balaban J connectivity index is 1.92. The highest BCUT2D eigenvalue weighted by atomic mass is 79.9. The van der Waals surface area contributed by atoms with Gasteiger partial charge in [-0.3, -0.25) is 4.79 Å². The van der Waals surface area contributed by atoms with Gasteiger partial charge in [0.25, 0.3) is 5.91 Å². The molecule has 1 aromatic carbocycles. The van der Waals surface area contributed by atoms with Crippen LogP contribution in [0.3, 0.4) is 0 Å². The standard InChI is InChI=1S/C17H20BrN3O/c1-12(2)8-9-19-16-7-6-15(11-20-16)21-17(22)13-4-3-5-14(18)10-13/h3-7,10-12H,8-9H2,1-2H3,(H,19,20)(H,21,22). The zero-order valence-corrected chi connectivity index (χ0v) is 14.4. The molecule has 0 bridgehead atoms. The predicted molar refractivity (Wildman–Crippen MR) is 94.3 cm³/mol. The van der Waals surface area contributed by atoms with Gasteiger partial charge in [-0.15, -0.1) is 0 Å². The fraction of sp³-hybridized carbons (Fsp3) is 0.294. The summed E-state index contributed by atoms with van der Waals surface area (Å²) in [6.45, 7) is 5.28. The SMILES string of the molecule is CC(C)CCNc1ccc(NC(=O)c2cccc(Br)c2)cn1. The number of pyridine rings is 1. The van der Waals surface area contributed by atoms with Crippen LogP contribution in [0.5, 0.6) is 0 Å². The molecule has 0 atom stereocenters. The van der Waals surface area contributed by atoms with Gasteiger partial charge in [-0.05, 0) is 42.7 Å². The highest BCUT2D eigenvalue weighted by Crippen LogP contribution is 2.15. The van der Waals surface area contributed by atoms with E-state index in [9.17, 15) is 4.79 Å². The van der Waals surface area contributed by atoms with E-state index < -0.39 is 0 Å². The van der Waals surface area contributed by atoms with Crippen LogP contribution in [0.25, 0.3) is 0 Å². The molecule has 0 aliphatic carbocycles. The Morgan fingerprint density at radius 1 is 1.27 bits per heavy atom. The second-order valence-electron chi connectivity index (χ2n) is 5.51. The molecule has 1 heterocycles. The summed E-state index contributed by atoms with van der Waals surface area (Å²) in [5.41, 5.74) is 1.29. The molecule has 2 rings (SSSR count). The molecule has 1 aromatic heterocycles. The number of nitrogens with one attached hydrogen (secondary N) is 2. The average Bonchev–Trinajstić information content (AvgIpc) is 2.48. The summed E-state index contributed by atoms with van der Waals surface area (Å²) in [7, 11) is 0. The minimum absolute atomic E-state index is 0.149. The molecule has 0 fully saturated rings. The Bertz CT molecular complexity index is 626. The lowest BCUT2D eigenvalue weighted by atomic mass is 10.1. The van der Waals surface area contributed by atoms with Crippen molar-refractivity contribution in [3.05, 3.63) is 52.6 Å².